The van der Waals surface area contributed by atoms with Crippen molar-refractivity contribution in [1.29, 1.82) is 0 Å². The van der Waals surface area contributed by atoms with Gasteiger partial charge in [0.25, 0.3) is 0 Å². The molecule has 0 saturated carbocycles. The molecule has 1 rings (SSSR count). The Hall–Kier alpha value is -2.75. The second-order valence-corrected chi connectivity index (χ2v) is 11.0. The Morgan fingerprint density at radius 2 is 1.46 bits per heavy atom. The van der Waals surface area contributed by atoms with Crippen LogP contribution in [0.4, 0.5) is 4.79 Å². The highest BCUT2D eigenvalue weighted by atomic mass is 32.2. The maximum absolute atomic E-state index is 13.1. The highest BCUT2D eigenvalue weighted by Crippen LogP contribution is 2.10. The maximum Gasteiger partial charge on any atom is 0.408 e. The number of benzene rings is 1. The zero-order chi connectivity index (χ0) is 26.6. The van der Waals surface area contributed by atoms with Crippen molar-refractivity contribution in [2.24, 2.45) is 0 Å². The van der Waals surface area contributed by atoms with E-state index in [4.69, 9.17) is 9.47 Å². The van der Waals surface area contributed by atoms with Gasteiger partial charge >= 0.3 is 12.1 Å². The number of nitrogens with one attached hydrogen (secondary N) is 3. The number of esters is 1. The number of amides is 3. The molecular formula is C25H39N3O6S. The average Bonchev–Trinajstić information content (AvgIpc) is 2.72. The van der Waals surface area contributed by atoms with Gasteiger partial charge in [-0.1, -0.05) is 30.3 Å². The van der Waals surface area contributed by atoms with Crippen molar-refractivity contribution in [2.75, 3.05) is 18.6 Å². The average molecular weight is 510 g/mol. The van der Waals surface area contributed by atoms with Crippen molar-refractivity contribution in [3.05, 3.63) is 35.9 Å². The molecular weight excluding hydrogens is 470 g/mol. The van der Waals surface area contributed by atoms with Crippen molar-refractivity contribution in [3.63, 3.8) is 0 Å². The molecule has 0 heterocycles. The Morgan fingerprint density at radius 1 is 0.857 bits per heavy atom. The van der Waals surface area contributed by atoms with E-state index >= 15 is 0 Å². The number of alkyl carbamates (subject to hydrolysis) is 1. The molecule has 3 N–H and O–H groups in total. The van der Waals surface area contributed by atoms with Crippen molar-refractivity contribution >= 4 is 35.6 Å². The van der Waals surface area contributed by atoms with Crippen LogP contribution in [0.2, 0.25) is 0 Å². The van der Waals surface area contributed by atoms with Crippen LogP contribution in [0.3, 0.4) is 0 Å². The summed E-state index contributed by atoms with van der Waals surface area (Å²) in [6.45, 7) is 10.1. The predicted molar refractivity (Wildman–Crippen MR) is 137 cm³/mol. The van der Waals surface area contributed by atoms with Gasteiger partial charge in [-0.3, -0.25) is 14.4 Å². The van der Waals surface area contributed by atoms with Gasteiger partial charge in [0, 0.05) is 6.42 Å². The van der Waals surface area contributed by atoms with Crippen molar-refractivity contribution in [3.8, 4) is 0 Å². The summed E-state index contributed by atoms with van der Waals surface area (Å²) in [4.78, 5) is 50.4. The maximum atomic E-state index is 13.1. The number of rotatable bonds is 11. The van der Waals surface area contributed by atoms with Crippen molar-refractivity contribution in [1.82, 2.24) is 16.0 Å². The molecule has 3 amide bonds. The number of carbonyl (C=O) groups is 4. The summed E-state index contributed by atoms with van der Waals surface area (Å²) in [5.74, 6) is -1.02. The van der Waals surface area contributed by atoms with Gasteiger partial charge in [-0.05, 0) is 65.5 Å². The quantitative estimate of drug-likeness (QED) is 0.392. The topological polar surface area (TPSA) is 123 Å². The van der Waals surface area contributed by atoms with Gasteiger partial charge in [0.15, 0.2) is 0 Å². The van der Waals surface area contributed by atoms with Crippen LogP contribution < -0.4 is 16.0 Å². The Morgan fingerprint density at radius 3 is 2.00 bits per heavy atom. The molecule has 0 fully saturated rings. The van der Waals surface area contributed by atoms with Gasteiger partial charge in [0.05, 0.1) is 0 Å². The number of hydrogen-bond acceptors (Lipinski definition) is 7. The van der Waals surface area contributed by atoms with Crippen LogP contribution in [0.25, 0.3) is 0 Å². The number of hydrogen-bond donors (Lipinski definition) is 3. The first kappa shape index (κ1) is 30.3. The summed E-state index contributed by atoms with van der Waals surface area (Å²) in [7, 11) is 0. The van der Waals surface area contributed by atoms with E-state index in [-0.39, 0.29) is 13.0 Å². The lowest BCUT2D eigenvalue weighted by Gasteiger charge is -2.25. The standard InChI is InChI=1S/C25H39N3O6S/c1-24(2,3)33-20(29)16-26-21(30)19(15-17-11-9-8-10-12-17)27-22(31)18(13-14-35-7)28-23(32)34-25(4,5)6/h8-12,18-19H,13-16H2,1-7H3,(H,26,30)(H,27,31)(H,28,32)/t18-,19-/m0/s1. The molecule has 0 aliphatic carbocycles. The Kier molecular flexibility index (Phi) is 12.1. The molecule has 0 spiro atoms. The monoisotopic (exact) mass is 509 g/mol. The van der Waals surface area contributed by atoms with Crippen molar-refractivity contribution < 1.29 is 28.7 Å². The molecule has 196 valence electrons. The van der Waals surface area contributed by atoms with Crippen LogP contribution in [-0.2, 0) is 30.3 Å². The van der Waals surface area contributed by atoms with Crippen LogP contribution in [0.5, 0.6) is 0 Å². The van der Waals surface area contributed by atoms with Gasteiger partial charge < -0.3 is 25.4 Å². The van der Waals surface area contributed by atoms with Crippen LogP contribution in [0, 0.1) is 0 Å². The highest BCUT2D eigenvalue weighted by Gasteiger charge is 2.29. The zero-order valence-corrected chi connectivity index (χ0v) is 22.5. The van der Waals surface area contributed by atoms with Crippen molar-refractivity contribution in [2.45, 2.75) is 77.7 Å². The number of ether oxygens (including phenoxy) is 2. The van der Waals surface area contributed by atoms with E-state index in [2.05, 4.69) is 16.0 Å². The van der Waals surface area contributed by atoms with E-state index in [9.17, 15) is 19.2 Å². The van der Waals surface area contributed by atoms with E-state index in [1.165, 1.54) is 11.8 Å². The lowest BCUT2D eigenvalue weighted by molar-refractivity contribution is -0.154. The third-order valence-corrected chi connectivity index (χ3v) is 5.00. The van der Waals surface area contributed by atoms with Crippen LogP contribution in [0.1, 0.15) is 53.5 Å². The van der Waals surface area contributed by atoms with Gasteiger partial charge in [-0.25, -0.2) is 4.79 Å². The minimum Gasteiger partial charge on any atom is -0.459 e. The number of thioether (sulfide) groups is 1. The summed E-state index contributed by atoms with van der Waals surface area (Å²) in [6.07, 6.45) is 1.73. The fourth-order valence-corrected chi connectivity index (χ4v) is 3.42. The molecule has 1 aromatic rings. The van der Waals surface area contributed by atoms with E-state index in [0.29, 0.717) is 12.2 Å². The highest BCUT2D eigenvalue weighted by molar-refractivity contribution is 7.98. The van der Waals surface area contributed by atoms with Crippen LogP contribution in [-0.4, -0.2) is 65.7 Å². The van der Waals surface area contributed by atoms with Gasteiger partial charge in [0.1, 0.15) is 29.8 Å². The third-order valence-electron chi connectivity index (χ3n) is 4.36. The van der Waals surface area contributed by atoms with E-state index in [0.717, 1.165) is 5.56 Å². The smallest absolute Gasteiger partial charge is 0.408 e. The molecule has 10 heteroatoms. The second kappa shape index (κ2) is 14.0. The first-order valence-corrected chi connectivity index (χ1v) is 12.9. The summed E-state index contributed by atoms with van der Waals surface area (Å²) in [6, 6.07) is 7.33. The predicted octanol–water partition coefficient (Wildman–Crippen LogP) is 2.82. The van der Waals surface area contributed by atoms with Crippen LogP contribution in [0.15, 0.2) is 30.3 Å². The SMILES string of the molecule is CSCC[C@H](NC(=O)OC(C)(C)C)C(=O)N[C@@H](Cc1ccccc1)C(=O)NCC(=O)OC(C)(C)C. The second-order valence-electron chi connectivity index (χ2n) is 10.0. The fourth-order valence-electron chi connectivity index (χ4n) is 2.95. The molecule has 0 radical (unpaired) electrons. The molecule has 0 aliphatic heterocycles. The summed E-state index contributed by atoms with van der Waals surface area (Å²) < 4.78 is 10.5. The third kappa shape index (κ3) is 13.7. The summed E-state index contributed by atoms with van der Waals surface area (Å²) >= 11 is 1.53. The molecule has 1 aromatic carbocycles. The number of carbonyl (C=O) groups excluding carboxylic acids is 4. The zero-order valence-electron chi connectivity index (χ0n) is 21.7. The fraction of sp³-hybridized carbons (Fsp3) is 0.600. The summed E-state index contributed by atoms with van der Waals surface area (Å²) in [5, 5.41) is 7.87. The Bertz CT molecular complexity index is 849. The van der Waals surface area contributed by atoms with Gasteiger partial charge in [-0.15, -0.1) is 0 Å². The lowest BCUT2D eigenvalue weighted by Crippen LogP contribution is -2.55. The van der Waals surface area contributed by atoms with Gasteiger partial charge in [-0.2, -0.15) is 11.8 Å². The minimum atomic E-state index is -0.968. The molecule has 0 saturated heterocycles. The Labute approximate surface area is 212 Å². The summed E-state index contributed by atoms with van der Waals surface area (Å²) in [5.41, 5.74) is -0.578. The molecule has 2 atom stereocenters. The largest absolute Gasteiger partial charge is 0.459 e. The molecule has 0 aromatic heterocycles. The molecule has 0 aliphatic rings. The molecule has 9 nitrogen and oxygen atoms in total. The normalized spacial score (nSPS) is 13.2. The Balaban J connectivity index is 2.96. The molecule has 35 heavy (non-hydrogen) atoms. The lowest BCUT2D eigenvalue weighted by atomic mass is 10.0. The van der Waals surface area contributed by atoms with E-state index < -0.39 is 47.2 Å². The van der Waals surface area contributed by atoms with E-state index in [1.807, 2.05) is 36.6 Å². The van der Waals surface area contributed by atoms with Crippen LogP contribution >= 0.6 is 11.8 Å². The van der Waals surface area contributed by atoms with Gasteiger partial charge in [0.2, 0.25) is 11.8 Å². The molecule has 0 unspecified atom stereocenters. The molecule has 0 bridgehead atoms. The first-order valence-electron chi connectivity index (χ1n) is 11.5. The first-order chi connectivity index (χ1) is 16.2. The minimum absolute atomic E-state index is 0.203. The van der Waals surface area contributed by atoms with E-state index in [1.54, 1.807) is 41.5 Å².